The highest BCUT2D eigenvalue weighted by Gasteiger charge is 1.99. The molecule has 23 heavy (non-hydrogen) atoms. The number of hydrogen-bond donors (Lipinski definition) is 0. The van der Waals surface area contributed by atoms with Crippen LogP contribution in [0.5, 0.6) is 0 Å². The van der Waals surface area contributed by atoms with Gasteiger partial charge < -0.3 is 0 Å². The van der Waals surface area contributed by atoms with E-state index in [9.17, 15) is 0 Å². The second-order valence-corrected chi connectivity index (χ2v) is 5.53. The molecule has 0 spiro atoms. The van der Waals surface area contributed by atoms with Gasteiger partial charge in [0.1, 0.15) is 0 Å². The zero-order valence-electron chi connectivity index (χ0n) is 13.1. The van der Waals surface area contributed by atoms with E-state index in [4.69, 9.17) is 0 Å². The number of allylic oxidation sites excluding steroid dienone is 8. The number of benzene rings is 2. The van der Waals surface area contributed by atoms with Gasteiger partial charge in [-0.05, 0) is 28.7 Å². The molecular formula is C23H20. The predicted molar refractivity (Wildman–Crippen MR) is 101 cm³/mol. The van der Waals surface area contributed by atoms with Crippen molar-refractivity contribution in [2.75, 3.05) is 0 Å². The highest BCUT2D eigenvalue weighted by molar-refractivity contribution is 5.57. The van der Waals surface area contributed by atoms with E-state index in [0.29, 0.717) is 0 Å². The minimum atomic E-state index is 0.944. The fraction of sp³-hybridized carbons (Fsp3) is 0.0435. The van der Waals surface area contributed by atoms with Gasteiger partial charge in [-0.1, -0.05) is 109 Å². The molecule has 0 nitrogen and oxygen atoms in total. The first-order chi connectivity index (χ1) is 11.4. The van der Waals surface area contributed by atoms with Crippen LogP contribution in [-0.2, 0) is 0 Å². The zero-order valence-corrected chi connectivity index (χ0v) is 13.1. The second kappa shape index (κ2) is 7.95. The molecule has 0 aromatic heterocycles. The standard InChI is InChI=1S/C23H20/c1-3-9-20(10-4-1)15-17-22-13-7-8-14-23(19-22)18-16-21-11-5-2-6-12-21/h1-18H,19H2/b17-15-,18-16+. The van der Waals surface area contributed by atoms with Crippen molar-refractivity contribution in [1.29, 1.82) is 0 Å². The van der Waals surface area contributed by atoms with Crippen molar-refractivity contribution in [2.24, 2.45) is 0 Å². The lowest BCUT2D eigenvalue weighted by molar-refractivity contribution is 1.22. The van der Waals surface area contributed by atoms with Crippen LogP contribution in [0.15, 0.2) is 108 Å². The SMILES string of the molecule is C1=CC=C(/C=C/c2ccccc2)CC(/C=C\c2ccccc2)=C1. The Balaban J connectivity index is 1.69. The lowest BCUT2D eigenvalue weighted by Crippen LogP contribution is -1.82. The molecule has 0 saturated heterocycles. The van der Waals surface area contributed by atoms with Crippen molar-refractivity contribution in [1.82, 2.24) is 0 Å². The van der Waals surface area contributed by atoms with Crippen molar-refractivity contribution in [3.63, 3.8) is 0 Å². The first-order valence-electron chi connectivity index (χ1n) is 7.93. The lowest BCUT2D eigenvalue weighted by Gasteiger charge is -2.02. The van der Waals surface area contributed by atoms with Crippen LogP contribution in [-0.4, -0.2) is 0 Å². The van der Waals surface area contributed by atoms with Gasteiger partial charge in [-0.25, -0.2) is 0 Å². The number of hydrogen-bond acceptors (Lipinski definition) is 0. The van der Waals surface area contributed by atoms with Crippen LogP contribution >= 0.6 is 0 Å². The summed E-state index contributed by atoms with van der Waals surface area (Å²) >= 11 is 0. The van der Waals surface area contributed by atoms with Crippen LogP contribution in [0.1, 0.15) is 17.5 Å². The Bertz CT molecular complexity index is 702. The van der Waals surface area contributed by atoms with Crippen LogP contribution in [0.2, 0.25) is 0 Å². The van der Waals surface area contributed by atoms with Gasteiger partial charge in [0.15, 0.2) is 0 Å². The van der Waals surface area contributed by atoms with E-state index in [1.165, 1.54) is 22.3 Å². The highest BCUT2D eigenvalue weighted by atomic mass is 14.0. The topological polar surface area (TPSA) is 0 Å². The van der Waals surface area contributed by atoms with Crippen molar-refractivity contribution < 1.29 is 0 Å². The molecule has 112 valence electrons. The van der Waals surface area contributed by atoms with Gasteiger partial charge in [0, 0.05) is 0 Å². The van der Waals surface area contributed by atoms with Crippen LogP contribution in [0.4, 0.5) is 0 Å². The lowest BCUT2D eigenvalue weighted by atomic mass is 10.0. The maximum absolute atomic E-state index is 2.20. The van der Waals surface area contributed by atoms with Gasteiger partial charge in [0.2, 0.25) is 0 Å². The molecule has 0 fully saturated rings. The zero-order chi connectivity index (χ0) is 15.7. The molecule has 1 aliphatic carbocycles. The van der Waals surface area contributed by atoms with Crippen molar-refractivity contribution >= 4 is 12.2 Å². The summed E-state index contributed by atoms with van der Waals surface area (Å²) in [4.78, 5) is 0. The summed E-state index contributed by atoms with van der Waals surface area (Å²) in [5.74, 6) is 0. The average molecular weight is 296 g/mol. The van der Waals surface area contributed by atoms with E-state index < -0.39 is 0 Å². The number of rotatable bonds is 4. The van der Waals surface area contributed by atoms with Gasteiger partial charge in [-0.2, -0.15) is 0 Å². The molecule has 0 N–H and O–H groups in total. The molecule has 0 unspecified atom stereocenters. The summed E-state index contributed by atoms with van der Waals surface area (Å²) in [6.07, 6.45) is 18.3. The Morgan fingerprint density at radius 2 is 0.957 bits per heavy atom. The second-order valence-electron chi connectivity index (χ2n) is 5.53. The summed E-state index contributed by atoms with van der Waals surface area (Å²) < 4.78 is 0. The normalized spacial score (nSPS) is 14.8. The molecular weight excluding hydrogens is 276 g/mol. The quantitative estimate of drug-likeness (QED) is 0.627. The molecule has 0 saturated carbocycles. The summed E-state index contributed by atoms with van der Waals surface area (Å²) in [6, 6.07) is 20.8. The first-order valence-corrected chi connectivity index (χ1v) is 7.93. The smallest absolute Gasteiger partial charge is 0.00258 e. The van der Waals surface area contributed by atoms with Crippen molar-refractivity contribution in [3.05, 3.63) is 119 Å². The summed E-state index contributed by atoms with van der Waals surface area (Å²) in [6.45, 7) is 0. The summed E-state index contributed by atoms with van der Waals surface area (Å²) in [5.41, 5.74) is 5.08. The molecule has 1 aliphatic rings. The van der Waals surface area contributed by atoms with E-state index in [1.807, 2.05) is 12.1 Å². The first kappa shape index (κ1) is 15.1. The van der Waals surface area contributed by atoms with E-state index in [0.717, 1.165) is 6.42 Å². The Morgan fingerprint density at radius 3 is 1.39 bits per heavy atom. The minimum Gasteiger partial charge on any atom is -0.0622 e. The summed E-state index contributed by atoms with van der Waals surface area (Å²) in [7, 11) is 0. The third kappa shape index (κ3) is 4.82. The molecule has 0 bridgehead atoms. The molecule has 3 rings (SSSR count). The molecule has 0 aliphatic heterocycles. The molecule has 0 atom stereocenters. The maximum Gasteiger partial charge on any atom is -0.00258 e. The van der Waals surface area contributed by atoms with Crippen LogP contribution in [0, 0.1) is 0 Å². The Hall–Kier alpha value is -2.86. The largest absolute Gasteiger partial charge is 0.0622 e. The minimum absolute atomic E-state index is 0.944. The van der Waals surface area contributed by atoms with Gasteiger partial charge in [0.05, 0.1) is 0 Å². The van der Waals surface area contributed by atoms with Crippen molar-refractivity contribution in [3.8, 4) is 0 Å². The third-order valence-electron chi connectivity index (χ3n) is 3.72. The third-order valence-corrected chi connectivity index (χ3v) is 3.72. The predicted octanol–water partition coefficient (Wildman–Crippen LogP) is 6.23. The molecule has 2 aromatic carbocycles. The Kier molecular flexibility index (Phi) is 5.21. The molecule has 0 amide bonds. The van der Waals surface area contributed by atoms with E-state index >= 15 is 0 Å². The van der Waals surface area contributed by atoms with Crippen LogP contribution < -0.4 is 0 Å². The van der Waals surface area contributed by atoms with E-state index in [1.54, 1.807) is 0 Å². The van der Waals surface area contributed by atoms with Crippen LogP contribution in [0.3, 0.4) is 0 Å². The average Bonchev–Trinajstić information content (AvgIpc) is 2.85. The Labute approximate surface area is 138 Å². The fourth-order valence-electron chi connectivity index (χ4n) is 2.48. The Morgan fingerprint density at radius 1 is 0.522 bits per heavy atom. The summed E-state index contributed by atoms with van der Waals surface area (Å²) in [5, 5.41) is 0. The van der Waals surface area contributed by atoms with Gasteiger partial charge >= 0.3 is 0 Å². The maximum atomic E-state index is 2.20. The molecule has 0 heteroatoms. The van der Waals surface area contributed by atoms with Gasteiger partial charge in [-0.3, -0.25) is 0 Å². The molecule has 2 aromatic rings. The van der Waals surface area contributed by atoms with Crippen molar-refractivity contribution in [2.45, 2.75) is 6.42 Å². The van der Waals surface area contributed by atoms with E-state index in [-0.39, 0.29) is 0 Å². The monoisotopic (exact) mass is 296 g/mol. The van der Waals surface area contributed by atoms with E-state index in [2.05, 4.69) is 97.1 Å². The fourth-order valence-corrected chi connectivity index (χ4v) is 2.48. The van der Waals surface area contributed by atoms with Gasteiger partial charge in [0.25, 0.3) is 0 Å². The van der Waals surface area contributed by atoms with Gasteiger partial charge in [-0.15, -0.1) is 0 Å². The molecule has 0 heterocycles. The van der Waals surface area contributed by atoms with Crippen LogP contribution in [0.25, 0.3) is 12.2 Å². The molecule has 0 radical (unpaired) electrons. The highest BCUT2D eigenvalue weighted by Crippen LogP contribution is 2.19.